The first kappa shape index (κ1) is 13.3. The van der Waals surface area contributed by atoms with Gasteiger partial charge in [-0.05, 0) is 5.92 Å². The highest BCUT2D eigenvalue weighted by Gasteiger charge is 2.18. The standard InChI is InChI=1S/C12H21N3S/c1-8(2)7-16-10-6-9(13)14-11(15-10)12(3,4)5/h6,8H,7H2,1-5H3,(H2,13,14,15). The minimum absolute atomic E-state index is 0.0531. The van der Waals surface area contributed by atoms with E-state index < -0.39 is 0 Å². The third-order valence-corrected chi connectivity index (χ3v) is 3.30. The van der Waals surface area contributed by atoms with Crippen molar-refractivity contribution < 1.29 is 0 Å². The van der Waals surface area contributed by atoms with E-state index in [0.717, 1.165) is 16.6 Å². The van der Waals surface area contributed by atoms with Gasteiger partial charge in [0.2, 0.25) is 0 Å². The second-order valence-electron chi connectivity index (χ2n) is 5.41. The van der Waals surface area contributed by atoms with Gasteiger partial charge in [-0.15, -0.1) is 11.8 Å². The smallest absolute Gasteiger partial charge is 0.137 e. The first-order valence-corrected chi connectivity index (χ1v) is 6.55. The summed E-state index contributed by atoms with van der Waals surface area (Å²) in [6, 6.07) is 1.85. The van der Waals surface area contributed by atoms with Crippen LogP contribution in [-0.4, -0.2) is 15.7 Å². The first-order chi connectivity index (χ1) is 7.29. The van der Waals surface area contributed by atoms with Gasteiger partial charge in [0.1, 0.15) is 16.7 Å². The third kappa shape index (κ3) is 4.00. The molecular formula is C12H21N3S. The van der Waals surface area contributed by atoms with Crippen LogP contribution in [0.25, 0.3) is 0 Å². The predicted molar refractivity (Wildman–Crippen MR) is 70.7 cm³/mol. The molecule has 2 N–H and O–H groups in total. The minimum atomic E-state index is -0.0531. The normalized spacial score (nSPS) is 12.1. The van der Waals surface area contributed by atoms with Crippen molar-refractivity contribution in [1.82, 2.24) is 9.97 Å². The molecule has 4 heteroatoms. The Bertz CT molecular complexity index is 356. The van der Waals surface area contributed by atoms with Gasteiger partial charge in [0.25, 0.3) is 0 Å². The maximum absolute atomic E-state index is 5.80. The maximum Gasteiger partial charge on any atom is 0.137 e. The molecule has 3 nitrogen and oxygen atoms in total. The number of thioether (sulfide) groups is 1. The fourth-order valence-corrected chi connectivity index (χ4v) is 1.96. The third-order valence-electron chi connectivity index (χ3n) is 1.96. The van der Waals surface area contributed by atoms with Crippen LogP contribution in [0.1, 0.15) is 40.4 Å². The zero-order chi connectivity index (χ0) is 12.3. The lowest BCUT2D eigenvalue weighted by Gasteiger charge is -2.17. The molecule has 0 fully saturated rings. The number of aromatic nitrogens is 2. The van der Waals surface area contributed by atoms with E-state index >= 15 is 0 Å². The number of nitrogens with zero attached hydrogens (tertiary/aromatic N) is 2. The van der Waals surface area contributed by atoms with Crippen molar-refractivity contribution in [1.29, 1.82) is 0 Å². The van der Waals surface area contributed by atoms with E-state index in [2.05, 4.69) is 44.6 Å². The molecule has 0 spiro atoms. The van der Waals surface area contributed by atoms with E-state index in [9.17, 15) is 0 Å². The first-order valence-electron chi connectivity index (χ1n) is 5.57. The fourth-order valence-electron chi connectivity index (χ4n) is 1.10. The number of anilines is 1. The van der Waals surface area contributed by atoms with Crippen molar-refractivity contribution in [2.24, 2.45) is 5.92 Å². The summed E-state index contributed by atoms with van der Waals surface area (Å²) in [6.45, 7) is 10.7. The van der Waals surface area contributed by atoms with E-state index in [4.69, 9.17) is 5.73 Å². The molecule has 0 atom stereocenters. The molecule has 1 aromatic heterocycles. The summed E-state index contributed by atoms with van der Waals surface area (Å²) in [4.78, 5) is 8.83. The predicted octanol–water partition coefficient (Wildman–Crippen LogP) is 3.10. The van der Waals surface area contributed by atoms with E-state index in [0.29, 0.717) is 11.7 Å². The van der Waals surface area contributed by atoms with E-state index in [1.54, 1.807) is 11.8 Å². The average Bonchev–Trinajstić information content (AvgIpc) is 2.12. The molecule has 0 amide bonds. The molecule has 16 heavy (non-hydrogen) atoms. The van der Waals surface area contributed by atoms with Crippen molar-refractivity contribution in [3.63, 3.8) is 0 Å². The van der Waals surface area contributed by atoms with E-state index in [1.807, 2.05) is 6.07 Å². The van der Waals surface area contributed by atoms with Gasteiger partial charge in [0.15, 0.2) is 0 Å². The summed E-state index contributed by atoms with van der Waals surface area (Å²) in [5.41, 5.74) is 5.74. The molecule has 0 unspecified atom stereocenters. The topological polar surface area (TPSA) is 51.8 Å². The van der Waals surface area contributed by atoms with E-state index in [1.165, 1.54) is 0 Å². The number of hydrogen-bond acceptors (Lipinski definition) is 4. The lowest BCUT2D eigenvalue weighted by Crippen LogP contribution is -2.17. The largest absolute Gasteiger partial charge is 0.384 e. The second-order valence-corrected chi connectivity index (χ2v) is 6.45. The highest BCUT2D eigenvalue weighted by Crippen LogP contribution is 2.24. The van der Waals surface area contributed by atoms with Gasteiger partial charge in [-0.2, -0.15) is 0 Å². The summed E-state index contributed by atoms with van der Waals surface area (Å²) in [7, 11) is 0. The number of hydrogen-bond donors (Lipinski definition) is 1. The Morgan fingerprint density at radius 3 is 2.44 bits per heavy atom. The number of rotatable bonds is 3. The Morgan fingerprint density at radius 2 is 1.94 bits per heavy atom. The zero-order valence-corrected chi connectivity index (χ0v) is 11.6. The molecule has 0 saturated heterocycles. The van der Waals surface area contributed by atoms with Crippen LogP contribution in [0.3, 0.4) is 0 Å². The second kappa shape index (κ2) is 5.04. The van der Waals surface area contributed by atoms with Crippen LogP contribution in [0.15, 0.2) is 11.1 Å². The Labute approximate surface area is 102 Å². The minimum Gasteiger partial charge on any atom is -0.384 e. The van der Waals surface area contributed by atoms with Crippen LogP contribution in [0, 0.1) is 5.92 Å². The van der Waals surface area contributed by atoms with Crippen molar-refractivity contribution in [3.05, 3.63) is 11.9 Å². The van der Waals surface area contributed by atoms with Crippen LogP contribution in [-0.2, 0) is 5.41 Å². The molecule has 0 radical (unpaired) electrons. The maximum atomic E-state index is 5.80. The molecule has 0 aliphatic heterocycles. The van der Waals surface area contributed by atoms with E-state index in [-0.39, 0.29) is 5.41 Å². The van der Waals surface area contributed by atoms with Gasteiger partial charge in [0, 0.05) is 17.2 Å². The summed E-state index contributed by atoms with van der Waals surface area (Å²) < 4.78 is 0. The summed E-state index contributed by atoms with van der Waals surface area (Å²) in [6.07, 6.45) is 0. The molecule has 1 aromatic rings. The monoisotopic (exact) mass is 239 g/mol. The summed E-state index contributed by atoms with van der Waals surface area (Å²) in [5.74, 6) is 3.09. The van der Waals surface area contributed by atoms with Gasteiger partial charge < -0.3 is 5.73 Å². The number of nitrogens with two attached hydrogens (primary N) is 1. The fraction of sp³-hybridized carbons (Fsp3) is 0.667. The van der Waals surface area contributed by atoms with Crippen LogP contribution in [0.5, 0.6) is 0 Å². The quantitative estimate of drug-likeness (QED) is 0.650. The van der Waals surface area contributed by atoms with Crippen molar-refractivity contribution >= 4 is 17.6 Å². The molecular weight excluding hydrogens is 218 g/mol. The molecule has 1 heterocycles. The molecule has 0 aromatic carbocycles. The lowest BCUT2D eigenvalue weighted by atomic mass is 9.96. The molecule has 0 bridgehead atoms. The van der Waals surface area contributed by atoms with Crippen LogP contribution >= 0.6 is 11.8 Å². The summed E-state index contributed by atoms with van der Waals surface area (Å²) in [5, 5.41) is 0.978. The Balaban J connectivity index is 2.90. The number of nitrogen functional groups attached to an aromatic ring is 1. The van der Waals surface area contributed by atoms with Crippen molar-refractivity contribution in [2.45, 2.75) is 45.1 Å². The highest BCUT2D eigenvalue weighted by molar-refractivity contribution is 7.99. The van der Waals surface area contributed by atoms with Crippen LogP contribution in [0.4, 0.5) is 5.82 Å². The van der Waals surface area contributed by atoms with Gasteiger partial charge in [0.05, 0.1) is 0 Å². The zero-order valence-electron chi connectivity index (χ0n) is 10.7. The SMILES string of the molecule is CC(C)CSc1cc(N)nc(C(C)(C)C)n1. The Kier molecular flexibility index (Phi) is 4.19. The highest BCUT2D eigenvalue weighted by atomic mass is 32.2. The summed E-state index contributed by atoms with van der Waals surface area (Å²) >= 11 is 1.74. The van der Waals surface area contributed by atoms with Gasteiger partial charge in [-0.3, -0.25) is 0 Å². The van der Waals surface area contributed by atoms with Crippen LogP contribution in [0.2, 0.25) is 0 Å². The molecule has 1 rings (SSSR count). The van der Waals surface area contributed by atoms with Crippen molar-refractivity contribution in [2.75, 3.05) is 11.5 Å². The lowest BCUT2D eigenvalue weighted by molar-refractivity contribution is 0.539. The Morgan fingerprint density at radius 1 is 1.31 bits per heavy atom. The molecule has 90 valence electrons. The van der Waals surface area contributed by atoms with Crippen molar-refractivity contribution in [3.8, 4) is 0 Å². The molecule has 0 aliphatic carbocycles. The van der Waals surface area contributed by atoms with Gasteiger partial charge in [-0.25, -0.2) is 9.97 Å². The average molecular weight is 239 g/mol. The van der Waals surface area contributed by atoms with Crippen LogP contribution < -0.4 is 5.73 Å². The molecule has 0 saturated carbocycles. The Hall–Kier alpha value is -0.770. The molecule has 0 aliphatic rings. The van der Waals surface area contributed by atoms with Gasteiger partial charge in [-0.1, -0.05) is 34.6 Å². The van der Waals surface area contributed by atoms with Gasteiger partial charge >= 0.3 is 0 Å².